The fourth-order valence-electron chi connectivity index (χ4n) is 2.03. The zero-order valence-corrected chi connectivity index (χ0v) is 12.4. The number of hydrogen-bond donors (Lipinski definition) is 1. The molecule has 0 radical (unpaired) electrons. The van der Waals surface area contributed by atoms with E-state index in [1.54, 1.807) is 7.11 Å². The second-order valence-corrected chi connectivity index (χ2v) is 7.01. The zero-order valence-electron chi connectivity index (χ0n) is 10.8. The smallest absolute Gasteiger partial charge is 0.224 e. The number of ether oxygens (including phenoxy) is 1. The van der Waals surface area contributed by atoms with E-state index in [0.717, 1.165) is 0 Å². The molecule has 2 heterocycles. The molecule has 106 valence electrons. The van der Waals surface area contributed by atoms with Crippen molar-refractivity contribution >= 4 is 27.3 Å². The van der Waals surface area contributed by atoms with Crippen LogP contribution in [0.25, 0.3) is 0 Å². The number of fused-ring (bicyclic) bond motifs is 1. The van der Waals surface area contributed by atoms with Gasteiger partial charge in [-0.2, -0.15) is 4.98 Å². The van der Waals surface area contributed by atoms with Gasteiger partial charge in [-0.15, -0.1) is 0 Å². The molecule has 0 spiro atoms. The van der Waals surface area contributed by atoms with E-state index in [1.165, 1.54) is 0 Å². The molecule has 1 N–H and O–H groups in total. The first-order valence-corrected chi connectivity index (χ1v) is 7.99. The van der Waals surface area contributed by atoms with Crippen molar-refractivity contribution < 1.29 is 13.2 Å². The van der Waals surface area contributed by atoms with Gasteiger partial charge in [0.25, 0.3) is 0 Å². The average Bonchev–Trinajstić information content (AvgIpc) is 2.62. The van der Waals surface area contributed by atoms with Gasteiger partial charge in [0, 0.05) is 20.1 Å². The molecule has 1 atom stereocenters. The quantitative estimate of drug-likeness (QED) is 0.822. The van der Waals surface area contributed by atoms with Crippen LogP contribution in [0, 0.1) is 5.92 Å². The number of sulfone groups is 1. The molecule has 0 aliphatic carbocycles. The number of rotatable bonds is 5. The predicted molar refractivity (Wildman–Crippen MR) is 72.3 cm³/mol. The Hall–Kier alpha value is -0.920. The van der Waals surface area contributed by atoms with Crippen molar-refractivity contribution in [3.05, 3.63) is 11.0 Å². The van der Waals surface area contributed by atoms with Crippen LogP contribution in [0.3, 0.4) is 0 Å². The molecule has 0 amide bonds. The van der Waals surface area contributed by atoms with Crippen molar-refractivity contribution in [2.75, 3.05) is 31.3 Å². The van der Waals surface area contributed by atoms with Crippen molar-refractivity contribution in [1.82, 2.24) is 9.97 Å². The number of halogens is 1. The maximum absolute atomic E-state index is 12.0. The van der Waals surface area contributed by atoms with Crippen LogP contribution < -0.4 is 5.32 Å². The lowest BCUT2D eigenvalue weighted by Crippen LogP contribution is -2.18. The Labute approximate surface area is 117 Å². The summed E-state index contributed by atoms with van der Waals surface area (Å²) in [6.45, 7) is 3.14. The molecule has 1 aliphatic heterocycles. The lowest BCUT2D eigenvalue weighted by molar-refractivity contribution is 0.164. The van der Waals surface area contributed by atoms with Crippen molar-refractivity contribution in [1.29, 1.82) is 0 Å². The first-order valence-electron chi connectivity index (χ1n) is 5.96. The number of aryl methyl sites for hydroxylation is 1. The molecule has 1 unspecified atom stereocenters. The summed E-state index contributed by atoms with van der Waals surface area (Å²) in [6.07, 6.45) is 0.391. The molecule has 1 aromatic heterocycles. The Bertz CT molecular complexity index is 577. The number of nitrogens with zero attached hydrogens (tertiary/aromatic N) is 2. The predicted octanol–water partition coefficient (Wildman–Crippen LogP) is 1.15. The van der Waals surface area contributed by atoms with Crippen molar-refractivity contribution in [2.24, 2.45) is 5.92 Å². The molecule has 0 fully saturated rings. The van der Waals surface area contributed by atoms with Crippen molar-refractivity contribution in [3.63, 3.8) is 0 Å². The van der Waals surface area contributed by atoms with E-state index in [0.29, 0.717) is 31.1 Å². The van der Waals surface area contributed by atoms with Gasteiger partial charge < -0.3 is 10.1 Å². The maximum atomic E-state index is 12.0. The van der Waals surface area contributed by atoms with Gasteiger partial charge in [-0.3, -0.25) is 0 Å². The topological polar surface area (TPSA) is 81.2 Å². The standard InChI is InChI=1S/C11H16ClN3O3S/c1-7(6-18-2)5-13-10-9-8(14-11(12)15-10)3-4-19(9,16)17/h7H,3-6H2,1-2H3,(H,13,14,15). The van der Waals surface area contributed by atoms with E-state index in [9.17, 15) is 8.42 Å². The summed E-state index contributed by atoms with van der Waals surface area (Å²) in [5, 5.41) is 3.10. The fraction of sp³-hybridized carbons (Fsp3) is 0.636. The average molecular weight is 306 g/mol. The number of anilines is 1. The second kappa shape index (κ2) is 5.60. The van der Waals surface area contributed by atoms with E-state index >= 15 is 0 Å². The number of aromatic nitrogens is 2. The van der Waals surface area contributed by atoms with Gasteiger partial charge in [-0.25, -0.2) is 13.4 Å². The second-order valence-electron chi connectivity index (χ2n) is 4.63. The molecular weight excluding hydrogens is 290 g/mol. The summed E-state index contributed by atoms with van der Waals surface area (Å²) in [6, 6.07) is 0. The van der Waals surface area contributed by atoms with Gasteiger partial charge in [0.05, 0.1) is 18.1 Å². The Morgan fingerprint density at radius 3 is 2.89 bits per heavy atom. The first kappa shape index (κ1) is 14.5. The molecular formula is C11H16ClN3O3S. The van der Waals surface area contributed by atoms with E-state index in [2.05, 4.69) is 15.3 Å². The highest BCUT2D eigenvalue weighted by Crippen LogP contribution is 2.31. The van der Waals surface area contributed by atoms with E-state index < -0.39 is 9.84 Å². The van der Waals surface area contributed by atoms with Gasteiger partial charge in [0.2, 0.25) is 5.28 Å². The third kappa shape index (κ3) is 3.16. The lowest BCUT2D eigenvalue weighted by atomic mass is 10.2. The third-order valence-electron chi connectivity index (χ3n) is 2.90. The summed E-state index contributed by atoms with van der Waals surface area (Å²) in [4.78, 5) is 8.18. The minimum atomic E-state index is -3.29. The lowest BCUT2D eigenvalue weighted by Gasteiger charge is -2.14. The largest absolute Gasteiger partial charge is 0.384 e. The monoisotopic (exact) mass is 305 g/mol. The number of nitrogens with one attached hydrogen (secondary N) is 1. The van der Waals surface area contributed by atoms with Crippen LogP contribution in [0.15, 0.2) is 4.90 Å². The van der Waals surface area contributed by atoms with Gasteiger partial charge in [-0.1, -0.05) is 6.92 Å². The molecule has 0 saturated carbocycles. The highest BCUT2D eigenvalue weighted by molar-refractivity contribution is 7.91. The molecule has 8 heteroatoms. The number of hydrogen-bond acceptors (Lipinski definition) is 6. The molecule has 2 rings (SSSR count). The van der Waals surface area contributed by atoms with Crippen molar-refractivity contribution in [3.8, 4) is 0 Å². The van der Waals surface area contributed by atoms with E-state index in [-0.39, 0.29) is 21.8 Å². The Morgan fingerprint density at radius 2 is 2.21 bits per heavy atom. The first-order chi connectivity index (χ1) is 8.94. The van der Waals surface area contributed by atoms with Crippen LogP contribution in [-0.4, -0.2) is 44.4 Å². The fourth-order valence-corrected chi connectivity index (χ4v) is 3.80. The van der Waals surface area contributed by atoms with Gasteiger partial charge in [-0.05, 0) is 17.5 Å². The molecule has 0 saturated heterocycles. The molecule has 1 aromatic rings. The zero-order chi connectivity index (χ0) is 14.0. The van der Waals surface area contributed by atoms with Crippen LogP contribution >= 0.6 is 11.6 Å². The van der Waals surface area contributed by atoms with Crippen LogP contribution in [0.4, 0.5) is 5.82 Å². The maximum Gasteiger partial charge on any atom is 0.224 e. The highest BCUT2D eigenvalue weighted by atomic mass is 35.5. The molecule has 19 heavy (non-hydrogen) atoms. The van der Waals surface area contributed by atoms with Gasteiger partial charge in [0.1, 0.15) is 10.7 Å². The Balaban J connectivity index is 2.26. The molecule has 0 aromatic carbocycles. The SMILES string of the molecule is COCC(C)CNc1nc(Cl)nc2c1S(=O)(=O)CC2. The molecule has 1 aliphatic rings. The summed E-state index contributed by atoms with van der Waals surface area (Å²) >= 11 is 5.82. The summed E-state index contributed by atoms with van der Waals surface area (Å²) < 4.78 is 29.0. The molecule has 6 nitrogen and oxygen atoms in total. The summed E-state index contributed by atoms with van der Waals surface area (Å²) in [5.41, 5.74) is 0.502. The van der Waals surface area contributed by atoms with Gasteiger partial charge >= 0.3 is 0 Å². The van der Waals surface area contributed by atoms with Crippen LogP contribution in [-0.2, 0) is 21.0 Å². The summed E-state index contributed by atoms with van der Waals surface area (Å²) in [5.74, 6) is 0.605. The van der Waals surface area contributed by atoms with Crippen LogP contribution in [0.1, 0.15) is 12.6 Å². The van der Waals surface area contributed by atoms with Crippen molar-refractivity contribution in [2.45, 2.75) is 18.2 Å². The highest BCUT2D eigenvalue weighted by Gasteiger charge is 2.32. The van der Waals surface area contributed by atoms with Crippen LogP contribution in [0.5, 0.6) is 0 Å². The van der Waals surface area contributed by atoms with Crippen LogP contribution in [0.2, 0.25) is 5.28 Å². The minimum Gasteiger partial charge on any atom is -0.384 e. The van der Waals surface area contributed by atoms with Gasteiger partial charge in [0.15, 0.2) is 9.84 Å². The number of methoxy groups -OCH3 is 1. The summed E-state index contributed by atoms with van der Waals surface area (Å²) in [7, 11) is -1.67. The Morgan fingerprint density at radius 1 is 1.47 bits per heavy atom. The van der Waals surface area contributed by atoms with E-state index in [1.807, 2.05) is 6.92 Å². The molecule has 0 bridgehead atoms. The van der Waals surface area contributed by atoms with E-state index in [4.69, 9.17) is 16.3 Å². The Kier molecular flexibility index (Phi) is 4.27. The normalized spacial score (nSPS) is 18.1. The minimum absolute atomic E-state index is 0.0674. The third-order valence-corrected chi connectivity index (χ3v) is 4.86.